The SMILES string of the molecule is CC(C)n1cc2c3c(cccc31)[C@H]1C[C@@H](C(=O)N[C@H]3CCC[C@H]3O)CN(C)[C@@H]1C2. The Kier molecular flexibility index (Phi) is 4.71. The molecule has 0 radical (unpaired) electrons. The third-order valence-corrected chi connectivity index (χ3v) is 7.61. The molecule has 1 saturated heterocycles. The van der Waals surface area contributed by atoms with E-state index in [1.165, 1.54) is 22.0 Å². The van der Waals surface area contributed by atoms with Crippen LogP contribution in [0.15, 0.2) is 24.4 Å². The van der Waals surface area contributed by atoms with E-state index in [0.29, 0.717) is 18.0 Å². The van der Waals surface area contributed by atoms with Crippen molar-refractivity contribution in [3.05, 3.63) is 35.5 Å². The third kappa shape index (κ3) is 3.10. The lowest BCUT2D eigenvalue weighted by Crippen LogP contribution is -2.53. The molecular formula is C24H33N3O2. The topological polar surface area (TPSA) is 57.5 Å². The predicted molar refractivity (Wildman–Crippen MR) is 115 cm³/mol. The highest BCUT2D eigenvalue weighted by Gasteiger charge is 2.42. The van der Waals surface area contributed by atoms with Crippen molar-refractivity contribution in [2.24, 2.45) is 5.92 Å². The summed E-state index contributed by atoms with van der Waals surface area (Å²) in [5.74, 6) is 0.495. The molecule has 5 nitrogen and oxygen atoms in total. The van der Waals surface area contributed by atoms with Gasteiger partial charge in [0.25, 0.3) is 0 Å². The van der Waals surface area contributed by atoms with Crippen molar-refractivity contribution in [1.29, 1.82) is 0 Å². The normalized spacial score (nSPS) is 32.0. The van der Waals surface area contributed by atoms with Crippen molar-refractivity contribution in [2.75, 3.05) is 13.6 Å². The summed E-state index contributed by atoms with van der Waals surface area (Å²) in [5, 5.41) is 14.7. The maximum absolute atomic E-state index is 13.0. The lowest BCUT2D eigenvalue weighted by Gasteiger charge is -2.45. The van der Waals surface area contributed by atoms with Gasteiger partial charge in [0.2, 0.25) is 5.91 Å². The molecule has 2 N–H and O–H groups in total. The average Bonchev–Trinajstić information content (AvgIpc) is 3.27. The molecule has 156 valence electrons. The highest BCUT2D eigenvalue weighted by atomic mass is 16.3. The molecule has 3 aliphatic rings. The standard InChI is InChI=1S/C24H33N3O2/c1-14(2)27-13-15-11-21-18(17-6-4-8-20(27)23(15)17)10-16(12-26(21)3)24(29)25-19-7-5-9-22(19)28/h4,6,8,13-14,16,18-19,21-22,28H,5,7,9-12H2,1-3H3,(H,25,29)/t16-,18-,19+,21-,22-/m1/s1. The number of aliphatic hydroxyl groups is 1. The summed E-state index contributed by atoms with van der Waals surface area (Å²) in [7, 11) is 2.17. The fourth-order valence-electron chi connectivity index (χ4n) is 6.10. The molecule has 2 heterocycles. The number of nitrogens with one attached hydrogen (secondary N) is 1. The van der Waals surface area contributed by atoms with Gasteiger partial charge in [-0.05, 0) is 70.2 Å². The molecule has 0 unspecified atom stereocenters. The number of fused-ring (bicyclic) bond motifs is 2. The van der Waals surface area contributed by atoms with E-state index in [0.717, 1.165) is 38.6 Å². The maximum atomic E-state index is 13.0. The summed E-state index contributed by atoms with van der Waals surface area (Å²) in [5.41, 5.74) is 4.20. The van der Waals surface area contributed by atoms with E-state index in [2.05, 4.69) is 60.1 Å². The number of piperidine rings is 1. The molecule has 0 bridgehead atoms. The van der Waals surface area contributed by atoms with Gasteiger partial charge >= 0.3 is 0 Å². The molecule has 1 aromatic heterocycles. The zero-order valence-corrected chi connectivity index (χ0v) is 17.8. The molecule has 1 aromatic carbocycles. The van der Waals surface area contributed by atoms with Gasteiger partial charge in [0.05, 0.1) is 18.1 Å². The van der Waals surface area contributed by atoms with Gasteiger partial charge in [-0.3, -0.25) is 4.79 Å². The van der Waals surface area contributed by atoms with E-state index in [1.807, 2.05) is 0 Å². The Morgan fingerprint density at radius 1 is 1.28 bits per heavy atom. The molecule has 29 heavy (non-hydrogen) atoms. The first-order valence-electron chi connectivity index (χ1n) is 11.2. The average molecular weight is 396 g/mol. The quantitative estimate of drug-likeness (QED) is 0.839. The van der Waals surface area contributed by atoms with Gasteiger partial charge in [-0.15, -0.1) is 0 Å². The van der Waals surface area contributed by atoms with Crippen molar-refractivity contribution in [3.63, 3.8) is 0 Å². The molecule has 1 amide bonds. The number of amides is 1. The van der Waals surface area contributed by atoms with E-state index < -0.39 is 0 Å². The first kappa shape index (κ1) is 19.1. The molecule has 2 fully saturated rings. The minimum atomic E-state index is -0.380. The maximum Gasteiger partial charge on any atom is 0.224 e. The van der Waals surface area contributed by atoms with Gasteiger partial charge in [-0.1, -0.05) is 12.1 Å². The Bertz CT molecular complexity index is 934. The predicted octanol–water partition coefficient (Wildman–Crippen LogP) is 3.21. The summed E-state index contributed by atoms with van der Waals surface area (Å²) in [6, 6.07) is 7.53. The van der Waals surface area contributed by atoms with E-state index in [9.17, 15) is 9.90 Å². The Balaban J connectivity index is 1.45. The molecule has 2 aromatic rings. The number of aromatic nitrogens is 1. The first-order valence-corrected chi connectivity index (χ1v) is 11.2. The lowest BCUT2D eigenvalue weighted by molar-refractivity contribution is -0.128. The number of hydrogen-bond donors (Lipinski definition) is 2. The van der Waals surface area contributed by atoms with Crippen LogP contribution in [0.4, 0.5) is 0 Å². The number of likely N-dealkylation sites (N-methyl/N-ethyl adjacent to an activating group) is 1. The minimum Gasteiger partial charge on any atom is -0.391 e. The summed E-state index contributed by atoms with van der Waals surface area (Å²) >= 11 is 0. The van der Waals surface area contributed by atoms with E-state index >= 15 is 0 Å². The zero-order chi connectivity index (χ0) is 20.3. The largest absolute Gasteiger partial charge is 0.391 e. The summed E-state index contributed by atoms with van der Waals surface area (Å²) in [6.07, 6.45) is 6.63. The molecule has 0 spiro atoms. The van der Waals surface area contributed by atoms with E-state index in [-0.39, 0.29) is 24.0 Å². The Morgan fingerprint density at radius 3 is 2.83 bits per heavy atom. The second kappa shape index (κ2) is 7.13. The number of carbonyl (C=O) groups is 1. The second-order valence-electron chi connectivity index (χ2n) is 9.76. The number of likely N-dealkylation sites (tertiary alicyclic amines) is 1. The van der Waals surface area contributed by atoms with Crippen molar-refractivity contribution < 1.29 is 9.90 Å². The van der Waals surface area contributed by atoms with Crippen LogP contribution in [-0.2, 0) is 11.2 Å². The smallest absolute Gasteiger partial charge is 0.224 e. The summed E-state index contributed by atoms with van der Waals surface area (Å²) in [6.45, 7) is 5.28. The van der Waals surface area contributed by atoms with Crippen molar-refractivity contribution in [1.82, 2.24) is 14.8 Å². The monoisotopic (exact) mass is 395 g/mol. The van der Waals surface area contributed by atoms with Gasteiger partial charge in [0.1, 0.15) is 0 Å². The summed E-state index contributed by atoms with van der Waals surface area (Å²) < 4.78 is 2.40. The van der Waals surface area contributed by atoms with Crippen LogP contribution < -0.4 is 5.32 Å². The Hall–Kier alpha value is -1.85. The Morgan fingerprint density at radius 2 is 2.10 bits per heavy atom. The molecule has 5 rings (SSSR count). The van der Waals surface area contributed by atoms with Crippen molar-refractivity contribution >= 4 is 16.8 Å². The molecular weight excluding hydrogens is 362 g/mol. The highest BCUT2D eigenvalue weighted by Crippen LogP contribution is 2.45. The number of nitrogens with zero attached hydrogens (tertiary/aromatic N) is 2. The van der Waals surface area contributed by atoms with Gasteiger partial charge in [-0.2, -0.15) is 0 Å². The van der Waals surface area contributed by atoms with Gasteiger partial charge < -0.3 is 19.9 Å². The number of aliphatic hydroxyl groups excluding tert-OH is 1. The molecule has 2 aliphatic carbocycles. The fourth-order valence-corrected chi connectivity index (χ4v) is 6.10. The van der Waals surface area contributed by atoms with Crippen LogP contribution in [0.25, 0.3) is 10.9 Å². The highest BCUT2D eigenvalue weighted by molar-refractivity contribution is 5.89. The van der Waals surface area contributed by atoms with Crippen molar-refractivity contribution in [2.45, 2.75) is 76.1 Å². The van der Waals surface area contributed by atoms with Crippen molar-refractivity contribution in [3.8, 4) is 0 Å². The fraction of sp³-hybridized carbons (Fsp3) is 0.625. The van der Waals surface area contributed by atoms with Crippen LogP contribution in [0.5, 0.6) is 0 Å². The first-order chi connectivity index (χ1) is 13.9. The van der Waals surface area contributed by atoms with Crippen LogP contribution in [0.3, 0.4) is 0 Å². The number of benzene rings is 1. The van der Waals surface area contributed by atoms with Crippen LogP contribution in [0, 0.1) is 5.92 Å². The van der Waals surface area contributed by atoms with Crippen LogP contribution in [0.1, 0.15) is 62.6 Å². The Labute approximate surface area is 173 Å². The zero-order valence-electron chi connectivity index (χ0n) is 17.8. The van der Waals surface area contributed by atoms with Crippen LogP contribution >= 0.6 is 0 Å². The molecule has 5 atom stereocenters. The minimum absolute atomic E-state index is 0.0157. The van der Waals surface area contributed by atoms with E-state index in [1.54, 1.807) is 0 Å². The molecule has 5 heteroatoms. The molecule has 1 saturated carbocycles. The van der Waals surface area contributed by atoms with Gasteiger partial charge in [-0.25, -0.2) is 0 Å². The van der Waals surface area contributed by atoms with E-state index in [4.69, 9.17) is 0 Å². The number of rotatable bonds is 3. The lowest BCUT2D eigenvalue weighted by atomic mass is 9.72. The van der Waals surface area contributed by atoms with Gasteiger partial charge in [0.15, 0.2) is 0 Å². The molecule has 1 aliphatic heterocycles. The van der Waals surface area contributed by atoms with Crippen LogP contribution in [-0.4, -0.2) is 52.3 Å². The number of hydrogen-bond acceptors (Lipinski definition) is 3. The third-order valence-electron chi connectivity index (χ3n) is 7.61. The van der Waals surface area contributed by atoms with Crippen LogP contribution in [0.2, 0.25) is 0 Å². The van der Waals surface area contributed by atoms with Gasteiger partial charge in [0, 0.05) is 41.6 Å². The number of carbonyl (C=O) groups excluding carboxylic acids is 1. The second-order valence-corrected chi connectivity index (χ2v) is 9.76. The summed E-state index contributed by atoms with van der Waals surface area (Å²) in [4.78, 5) is 15.4.